The molecule has 3 N–H and O–H groups in total. The standard InChI is InChI=1S/C21H32O5/c1-2-3-4-8-16(22)10-11-17-18(23)13-15-12-14(21(26)20(15)17)7-5-6-9-19(24)25/h7,10-11,15-18,20,22-23H,2-6,8-9,12-13H2,1H3,(H,24,25)/b11-10+,14-7-/t15-,16-,17-,18+,20-/m0/s1. The second-order valence-corrected chi connectivity index (χ2v) is 7.70. The van der Waals surface area contributed by atoms with E-state index in [9.17, 15) is 19.8 Å². The number of carboxylic acid groups (broad SMARTS) is 1. The zero-order valence-electron chi connectivity index (χ0n) is 15.6. The summed E-state index contributed by atoms with van der Waals surface area (Å²) in [5, 5.41) is 29.1. The van der Waals surface area contributed by atoms with Crippen LogP contribution in [0.15, 0.2) is 23.8 Å². The number of carbonyl (C=O) groups excluding carboxylic acids is 1. The smallest absolute Gasteiger partial charge is 0.303 e. The van der Waals surface area contributed by atoms with Gasteiger partial charge in [0.25, 0.3) is 0 Å². The van der Waals surface area contributed by atoms with Crippen LogP contribution in [0.2, 0.25) is 0 Å². The Morgan fingerprint density at radius 1 is 1.31 bits per heavy atom. The summed E-state index contributed by atoms with van der Waals surface area (Å²) in [5.41, 5.74) is 0.791. The largest absolute Gasteiger partial charge is 0.481 e. The number of Topliss-reactive ketones (excluding diaryl/α,β-unsaturated/α-hetero) is 1. The molecule has 0 aromatic heterocycles. The summed E-state index contributed by atoms with van der Waals surface area (Å²) in [6.45, 7) is 2.12. The summed E-state index contributed by atoms with van der Waals surface area (Å²) < 4.78 is 0. The van der Waals surface area contributed by atoms with Crippen molar-refractivity contribution < 1.29 is 24.9 Å². The predicted molar refractivity (Wildman–Crippen MR) is 99.6 cm³/mol. The van der Waals surface area contributed by atoms with Crippen LogP contribution in [0.4, 0.5) is 0 Å². The quantitative estimate of drug-likeness (QED) is 0.314. The first-order valence-corrected chi connectivity index (χ1v) is 9.93. The molecule has 146 valence electrons. The molecule has 5 heteroatoms. The van der Waals surface area contributed by atoms with E-state index in [1.54, 1.807) is 6.08 Å². The van der Waals surface area contributed by atoms with Crippen molar-refractivity contribution in [2.75, 3.05) is 0 Å². The average Bonchev–Trinajstić information content (AvgIpc) is 3.05. The van der Waals surface area contributed by atoms with E-state index in [0.29, 0.717) is 32.1 Å². The van der Waals surface area contributed by atoms with Crippen LogP contribution in [0.3, 0.4) is 0 Å². The van der Waals surface area contributed by atoms with Crippen LogP contribution >= 0.6 is 0 Å². The van der Waals surface area contributed by atoms with E-state index in [4.69, 9.17) is 5.11 Å². The lowest BCUT2D eigenvalue weighted by Gasteiger charge is -2.17. The van der Waals surface area contributed by atoms with E-state index < -0.39 is 18.2 Å². The van der Waals surface area contributed by atoms with Gasteiger partial charge in [-0.25, -0.2) is 0 Å². The summed E-state index contributed by atoms with van der Waals surface area (Å²) in [5.74, 6) is -0.982. The number of hydrogen-bond donors (Lipinski definition) is 3. The molecule has 2 rings (SSSR count). The SMILES string of the molecule is CCCCC[C@H](O)/C=C/[C@@H]1[C@H]2C(=O)/C(=C\CCCC(=O)O)C[C@H]2C[C@H]1O. The van der Waals surface area contributed by atoms with Gasteiger partial charge in [-0.05, 0) is 43.6 Å². The van der Waals surface area contributed by atoms with Crippen molar-refractivity contribution in [3.8, 4) is 0 Å². The van der Waals surface area contributed by atoms with Crippen LogP contribution < -0.4 is 0 Å². The minimum absolute atomic E-state index is 0.0944. The number of aliphatic hydroxyl groups is 2. The maximum absolute atomic E-state index is 12.7. The minimum atomic E-state index is -0.816. The lowest BCUT2D eigenvalue weighted by Crippen LogP contribution is -2.23. The molecule has 0 amide bonds. The van der Waals surface area contributed by atoms with E-state index in [2.05, 4.69) is 6.92 Å². The molecule has 0 saturated heterocycles. The van der Waals surface area contributed by atoms with Gasteiger partial charge in [0.15, 0.2) is 5.78 Å². The Hall–Kier alpha value is -1.46. The highest BCUT2D eigenvalue weighted by atomic mass is 16.4. The van der Waals surface area contributed by atoms with Gasteiger partial charge in [0.1, 0.15) is 0 Å². The Kier molecular flexibility index (Phi) is 8.04. The Bertz CT molecular complexity index is 551. The van der Waals surface area contributed by atoms with Gasteiger partial charge in [0.05, 0.1) is 12.2 Å². The molecule has 5 atom stereocenters. The highest BCUT2D eigenvalue weighted by molar-refractivity contribution is 6.00. The molecule has 2 fully saturated rings. The van der Waals surface area contributed by atoms with E-state index in [1.807, 2.05) is 12.2 Å². The number of carbonyl (C=O) groups is 2. The Morgan fingerprint density at radius 3 is 2.77 bits per heavy atom. The topological polar surface area (TPSA) is 94.8 Å². The molecule has 2 aliphatic carbocycles. The van der Waals surface area contributed by atoms with E-state index in [0.717, 1.165) is 24.8 Å². The van der Waals surface area contributed by atoms with Gasteiger partial charge in [0.2, 0.25) is 0 Å². The maximum atomic E-state index is 12.7. The van der Waals surface area contributed by atoms with Crippen molar-refractivity contribution in [3.63, 3.8) is 0 Å². The highest BCUT2D eigenvalue weighted by Crippen LogP contribution is 2.48. The van der Waals surface area contributed by atoms with Crippen molar-refractivity contribution in [3.05, 3.63) is 23.8 Å². The van der Waals surface area contributed by atoms with E-state index in [1.165, 1.54) is 0 Å². The first-order valence-electron chi connectivity index (χ1n) is 9.93. The normalized spacial score (nSPS) is 31.0. The molecular weight excluding hydrogens is 332 g/mol. The van der Waals surface area contributed by atoms with Crippen LogP contribution in [0, 0.1) is 17.8 Å². The van der Waals surface area contributed by atoms with Crippen LogP contribution in [0.5, 0.6) is 0 Å². The Morgan fingerprint density at radius 2 is 2.08 bits per heavy atom. The maximum Gasteiger partial charge on any atom is 0.303 e. The summed E-state index contributed by atoms with van der Waals surface area (Å²) in [4.78, 5) is 23.3. The zero-order valence-corrected chi connectivity index (χ0v) is 15.6. The van der Waals surface area contributed by atoms with Gasteiger partial charge in [-0.2, -0.15) is 0 Å². The Balaban J connectivity index is 1.93. The lowest BCUT2D eigenvalue weighted by atomic mass is 9.89. The molecule has 2 aliphatic rings. The summed E-state index contributed by atoms with van der Waals surface area (Å²) in [7, 11) is 0. The molecule has 2 saturated carbocycles. The number of aliphatic hydroxyl groups excluding tert-OH is 2. The van der Waals surface area contributed by atoms with Crippen molar-refractivity contribution in [2.45, 2.75) is 76.9 Å². The minimum Gasteiger partial charge on any atom is -0.481 e. The molecular formula is C21H32O5. The molecule has 0 heterocycles. The lowest BCUT2D eigenvalue weighted by molar-refractivity contribution is -0.137. The van der Waals surface area contributed by atoms with Gasteiger partial charge < -0.3 is 15.3 Å². The molecule has 0 bridgehead atoms. The fourth-order valence-corrected chi connectivity index (χ4v) is 4.28. The summed E-state index contributed by atoms with van der Waals surface area (Å²) >= 11 is 0. The zero-order chi connectivity index (χ0) is 19.1. The van der Waals surface area contributed by atoms with Crippen LogP contribution in [-0.4, -0.2) is 39.3 Å². The Labute approximate surface area is 155 Å². The number of ketones is 1. The fourth-order valence-electron chi connectivity index (χ4n) is 4.28. The fraction of sp³-hybridized carbons (Fsp3) is 0.714. The third kappa shape index (κ3) is 5.52. The van der Waals surface area contributed by atoms with Gasteiger partial charge in [-0.1, -0.05) is 44.4 Å². The van der Waals surface area contributed by atoms with Crippen LogP contribution in [-0.2, 0) is 9.59 Å². The van der Waals surface area contributed by atoms with Crippen molar-refractivity contribution in [1.29, 1.82) is 0 Å². The molecule has 0 unspecified atom stereocenters. The second-order valence-electron chi connectivity index (χ2n) is 7.70. The molecule has 0 spiro atoms. The van der Waals surface area contributed by atoms with Crippen molar-refractivity contribution in [2.24, 2.45) is 17.8 Å². The molecule has 5 nitrogen and oxygen atoms in total. The third-order valence-corrected chi connectivity index (χ3v) is 5.66. The number of allylic oxidation sites excluding steroid dienone is 2. The second kappa shape index (κ2) is 10.0. The van der Waals surface area contributed by atoms with Crippen LogP contribution in [0.1, 0.15) is 64.7 Å². The first-order chi connectivity index (χ1) is 12.4. The molecule has 26 heavy (non-hydrogen) atoms. The highest BCUT2D eigenvalue weighted by Gasteiger charge is 2.50. The summed E-state index contributed by atoms with van der Waals surface area (Å²) in [6.07, 6.45) is 10.9. The van der Waals surface area contributed by atoms with Gasteiger partial charge in [-0.15, -0.1) is 0 Å². The summed E-state index contributed by atoms with van der Waals surface area (Å²) in [6, 6.07) is 0. The van der Waals surface area contributed by atoms with Gasteiger partial charge >= 0.3 is 5.97 Å². The number of hydrogen-bond acceptors (Lipinski definition) is 4. The third-order valence-electron chi connectivity index (χ3n) is 5.66. The average molecular weight is 364 g/mol. The first kappa shape index (κ1) is 20.8. The molecule has 0 aliphatic heterocycles. The van der Waals surface area contributed by atoms with Crippen molar-refractivity contribution in [1.82, 2.24) is 0 Å². The van der Waals surface area contributed by atoms with E-state index >= 15 is 0 Å². The number of unbranched alkanes of at least 4 members (excludes halogenated alkanes) is 3. The number of aliphatic carboxylic acids is 1. The molecule has 0 aromatic rings. The van der Waals surface area contributed by atoms with Crippen molar-refractivity contribution >= 4 is 11.8 Å². The predicted octanol–water partition coefficient (Wildman–Crippen LogP) is 3.25. The van der Waals surface area contributed by atoms with Gasteiger partial charge in [0, 0.05) is 18.3 Å². The number of rotatable bonds is 10. The number of fused-ring (bicyclic) bond motifs is 1. The van der Waals surface area contributed by atoms with Crippen LogP contribution in [0.25, 0.3) is 0 Å². The molecule has 0 aromatic carbocycles. The van der Waals surface area contributed by atoms with Gasteiger partial charge in [-0.3, -0.25) is 9.59 Å². The molecule has 0 radical (unpaired) electrons. The number of carboxylic acids is 1. The monoisotopic (exact) mass is 364 g/mol. The van der Waals surface area contributed by atoms with E-state index in [-0.39, 0.29) is 30.0 Å².